The minimum atomic E-state index is -0.474. The Morgan fingerprint density at radius 1 is 1.17 bits per heavy atom. The molecule has 0 saturated carbocycles. The summed E-state index contributed by atoms with van der Waals surface area (Å²) in [6.45, 7) is 1.13. The molecule has 0 atom stereocenters. The summed E-state index contributed by atoms with van der Waals surface area (Å²) in [7, 11) is 0. The molecule has 1 heterocycles. The van der Waals surface area contributed by atoms with Crippen molar-refractivity contribution in [2.75, 3.05) is 0 Å². The summed E-state index contributed by atoms with van der Waals surface area (Å²) in [5, 5.41) is 0.434. The number of esters is 1. The van der Waals surface area contributed by atoms with Gasteiger partial charge in [0.1, 0.15) is 12.4 Å². The number of rotatable bonds is 3. The highest BCUT2D eigenvalue weighted by Crippen LogP contribution is 2.14. The number of hydrogen-bond donors (Lipinski definition) is 0. The molecule has 0 radical (unpaired) electrons. The lowest BCUT2D eigenvalue weighted by Gasteiger charge is -2.13. The van der Waals surface area contributed by atoms with Gasteiger partial charge in [-0.3, -0.25) is 14.2 Å². The predicted octanol–water partition coefficient (Wildman–Crippen LogP) is 2.59. The molecule has 1 aromatic heterocycles. The number of hydrogen-bond acceptors (Lipinski definition) is 4. The summed E-state index contributed by atoms with van der Waals surface area (Å²) < 4.78 is 19.4. The number of para-hydroxylation sites is 1. The third kappa shape index (κ3) is 2.96. The predicted molar refractivity (Wildman–Crippen MR) is 82.8 cm³/mol. The van der Waals surface area contributed by atoms with Crippen LogP contribution in [0.3, 0.4) is 0 Å². The minimum absolute atomic E-state index is 0.146. The van der Waals surface area contributed by atoms with Crippen LogP contribution in [0.2, 0.25) is 0 Å². The van der Waals surface area contributed by atoms with Gasteiger partial charge in [0.05, 0.1) is 16.6 Å². The summed E-state index contributed by atoms with van der Waals surface area (Å²) in [5.74, 6) is -0.606. The zero-order valence-corrected chi connectivity index (χ0v) is 12.3. The highest BCUT2D eigenvalue weighted by atomic mass is 19.1. The van der Waals surface area contributed by atoms with Gasteiger partial charge in [-0.1, -0.05) is 12.1 Å². The van der Waals surface area contributed by atoms with Crippen molar-refractivity contribution in [1.82, 2.24) is 9.55 Å². The number of aromatic nitrogens is 2. The number of ether oxygens (including phenoxy) is 1. The summed E-state index contributed by atoms with van der Waals surface area (Å²) in [5.41, 5.74) is 0.666. The average Bonchev–Trinajstić information content (AvgIpc) is 2.54. The van der Waals surface area contributed by atoms with Gasteiger partial charge in [0.25, 0.3) is 5.56 Å². The molecular formula is C17H13FN2O3. The van der Waals surface area contributed by atoms with Crippen LogP contribution in [0.15, 0.2) is 53.3 Å². The first-order valence-electron chi connectivity index (χ1n) is 6.96. The second-order valence-corrected chi connectivity index (χ2v) is 4.94. The van der Waals surface area contributed by atoms with Crippen molar-refractivity contribution in [2.24, 2.45) is 0 Å². The maximum Gasteiger partial charge on any atom is 0.303 e. The van der Waals surface area contributed by atoms with Crippen LogP contribution in [0.4, 0.5) is 4.39 Å². The molecule has 6 heteroatoms. The van der Waals surface area contributed by atoms with Crippen LogP contribution in [0.25, 0.3) is 16.6 Å². The van der Waals surface area contributed by atoms with Crippen molar-refractivity contribution in [3.8, 4) is 5.69 Å². The molecule has 116 valence electrons. The smallest absolute Gasteiger partial charge is 0.303 e. The third-order valence-electron chi connectivity index (χ3n) is 3.33. The van der Waals surface area contributed by atoms with E-state index in [4.69, 9.17) is 4.74 Å². The fourth-order valence-electron chi connectivity index (χ4n) is 2.30. The van der Waals surface area contributed by atoms with Crippen LogP contribution >= 0.6 is 0 Å². The van der Waals surface area contributed by atoms with E-state index >= 15 is 0 Å². The minimum Gasteiger partial charge on any atom is -0.458 e. The molecule has 0 saturated heterocycles. The van der Waals surface area contributed by atoms with Crippen LogP contribution in [0.1, 0.15) is 12.7 Å². The highest BCUT2D eigenvalue weighted by molar-refractivity contribution is 5.77. The molecule has 0 aliphatic heterocycles. The van der Waals surface area contributed by atoms with E-state index in [0.29, 0.717) is 16.6 Å². The van der Waals surface area contributed by atoms with Gasteiger partial charge in [-0.15, -0.1) is 0 Å². The topological polar surface area (TPSA) is 61.2 Å². The molecule has 0 unspecified atom stereocenters. The lowest BCUT2D eigenvalue weighted by atomic mass is 10.2. The van der Waals surface area contributed by atoms with E-state index < -0.39 is 11.8 Å². The molecule has 3 aromatic rings. The molecule has 23 heavy (non-hydrogen) atoms. The first kappa shape index (κ1) is 14.9. The molecule has 2 aromatic carbocycles. The van der Waals surface area contributed by atoms with E-state index in [1.165, 1.54) is 35.8 Å². The van der Waals surface area contributed by atoms with E-state index in [1.54, 1.807) is 24.3 Å². The Hall–Kier alpha value is -3.02. The molecule has 0 N–H and O–H groups in total. The van der Waals surface area contributed by atoms with Crippen molar-refractivity contribution < 1.29 is 13.9 Å². The van der Waals surface area contributed by atoms with Gasteiger partial charge in [-0.25, -0.2) is 9.37 Å². The van der Waals surface area contributed by atoms with Gasteiger partial charge in [-0.2, -0.15) is 0 Å². The maximum atomic E-state index is 13.1. The molecular weight excluding hydrogens is 299 g/mol. The Kier molecular flexibility index (Phi) is 3.89. The molecule has 5 nitrogen and oxygen atoms in total. The van der Waals surface area contributed by atoms with E-state index in [9.17, 15) is 14.0 Å². The largest absolute Gasteiger partial charge is 0.458 e. The van der Waals surface area contributed by atoms with E-state index in [1.807, 2.05) is 0 Å². The number of carbonyl (C=O) groups excluding carboxylic acids is 1. The average molecular weight is 312 g/mol. The van der Waals surface area contributed by atoms with Gasteiger partial charge in [0, 0.05) is 6.92 Å². The SMILES string of the molecule is CC(=O)OCc1nc2ccccc2c(=O)n1-c1ccc(F)cc1. The molecule has 3 rings (SSSR count). The summed E-state index contributed by atoms with van der Waals surface area (Å²) in [6.07, 6.45) is 0. The number of halogens is 1. The first-order chi connectivity index (χ1) is 11.1. The maximum absolute atomic E-state index is 13.1. The number of carbonyl (C=O) groups is 1. The Bertz CT molecular complexity index is 933. The second-order valence-electron chi connectivity index (χ2n) is 4.94. The van der Waals surface area contributed by atoms with E-state index in [0.717, 1.165) is 0 Å². The molecule has 0 amide bonds. The van der Waals surface area contributed by atoms with Gasteiger partial charge >= 0.3 is 5.97 Å². The lowest BCUT2D eigenvalue weighted by molar-refractivity contribution is -0.142. The second kappa shape index (κ2) is 6.00. The van der Waals surface area contributed by atoms with Crippen molar-refractivity contribution in [2.45, 2.75) is 13.5 Å². The van der Waals surface area contributed by atoms with Crippen molar-refractivity contribution in [1.29, 1.82) is 0 Å². The van der Waals surface area contributed by atoms with Crippen molar-refractivity contribution >= 4 is 16.9 Å². The molecule has 0 spiro atoms. The Labute approximate surface area is 131 Å². The Morgan fingerprint density at radius 2 is 1.87 bits per heavy atom. The summed E-state index contributed by atoms with van der Waals surface area (Å²) in [6, 6.07) is 12.4. The molecule has 0 aliphatic rings. The molecule has 0 fully saturated rings. The fraction of sp³-hybridized carbons (Fsp3) is 0.118. The van der Waals surface area contributed by atoms with Gasteiger partial charge in [0.15, 0.2) is 5.82 Å². The van der Waals surface area contributed by atoms with Crippen LogP contribution in [0, 0.1) is 5.82 Å². The zero-order valence-electron chi connectivity index (χ0n) is 12.3. The summed E-state index contributed by atoms with van der Waals surface area (Å²) >= 11 is 0. The highest BCUT2D eigenvalue weighted by Gasteiger charge is 2.13. The van der Waals surface area contributed by atoms with Gasteiger partial charge < -0.3 is 4.74 Å². The van der Waals surface area contributed by atoms with Crippen LogP contribution < -0.4 is 5.56 Å². The van der Waals surface area contributed by atoms with Crippen molar-refractivity contribution in [3.63, 3.8) is 0 Å². The monoisotopic (exact) mass is 312 g/mol. The van der Waals surface area contributed by atoms with Crippen LogP contribution in [-0.4, -0.2) is 15.5 Å². The van der Waals surface area contributed by atoms with Gasteiger partial charge in [-0.05, 0) is 36.4 Å². The lowest BCUT2D eigenvalue weighted by Crippen LogP contribution is -2.24. The summed E-state index contributed by atoms with van der Waals surface area (Å²) in [4.78, 5) is 28.2. The van der Waals surface area contributed by atoms with Gasteiger partial charge in [0.2, 0.25) is 0 Å². The molecule has 0 bridgehead atoms. The number of benzene rings is 2. The standard InChI is InChI=1S/C17H13FN2O3/c1-11(21)23-10-16-19-15-5-3-2-4-14(15)17(22)20(16)13-8-6-12(18)7-9-13/h2-9H,10H2,1H3. The number of fused-ring (bicyclic) bond motifs is 1. The quantitative estimate of drug-likeness (QED) is 0.697. The number of nitrogens with zero attached hydrogens (tertiary/aromatic N) is 2. The zero-order chi connectivity index (χ0) is 16.4. The van der Waals surface area contributed by atoms with Crippen LogP contribution in [-0.2, 0) is 16.1 Å². The normalized spacial score (nSPS) is 10.7. The Morgan fingerprint density at radius 3 is 2.57 bits per heavy atom. The van der Waals surface area contributed by atoms with Crippen molar-refractivity contribution in [3.05, 3.63) is 70.5 Å². The van der Waals surface area contributed by atoms with E-state index in [-0.39, 0.29) is 18.0 Å². The van der Waals surface area contributed by atoms with Crippen LogP contribution in [0.5, 0.6) is 0 Å². The Balaban J connectivity index is 2.25. The first-order valence-corrected chi connectivity index (χ1v) is 6.96. The molecule has 0 aliphatic carbocycles. The van der Waals surface area contributed by atoms with E-state index in [2.05, 4.69) is 4.98 Å². The third-order valence-corrected chi connectivity index (χ3v) is 3.33. The fourth-order valence-corrected chi connectivity index (χ4v) is 2.30.